The highest BCUT2D eigenvalue weighted by molar-refractivity contribution is 5.99. The number of aromatic nitrogens is 2. The molecule has 0 atom stereocenters. The fourth-order valence-corrected chi connectivity index (χ4v) is 2.62. The first-order valence-corrected chi connectivity index (χ1v) is 7.92. The van der Waals surface area contributed by atoms with Gasteiger partial charge in [0.1, 0.15) is 23.7 Å². The number of hydrogen-bond donors (Lipinski definition) is 1. The molecule has 4 rings (SSSR count). The van der Waals surface area contributed by atoms with E-state index in [4.69, 9.17) is 9.15 Å². The lowest BCUT2D eigenvalue weighted by molar-refractivity contribution is -0.116. The molecule has 0 bridgehead atoms. The van der Waals surface area contributed by atoms with Crippen molar-refractivity contribution in [3.8, 4) is 17.1 Å². The van der Waals surface area contributed by atoms with E-state index < -0.39 is 0 Å². The maximum atomic E-state index is 12.0. The van der Waals surface area contributed by atoms with Gasteiger partial charge in [-0.15, -0.1) is 0 Å². The van der Waals surface area contributed by atoms with E-state index in [1.807, 2.05) is 30.3 Å². The summed E-state index contributed by atoms with van der Waals surface area (Å²) in [5.41, 5.74) is 1.36. The normalized spacial score (nSPS) is 13.9. The summed E-state index contributed by atoms with van der Waals surface area (Å²) in [6.07, 6.45) is 4.23. The Hall–Kier alpha value is -2.89. The van der Waals surface area contributed by atoms with Crippen LogP contribution in [0.5, 0.6) is 5.75 Å². The summed E-state index contributed by atoms with van der Waals surface area (Å²) in [5, 5.41) is 3.57. The van der Waals surface area contributed by atoms with Gasteiger partial charge in [-0.1, -0.05) is 0 Å². The summed E-state index contributed by atoms with van der Waals surface area (Å²) in [4.78, 5) is 20.4. The van der Waals surface area contributed by atoms with Gasteiger partial charge in [-0.25, -0.2) is 9.97 Å². The fourth-order valence-electron chi connectivity index (χ4n) is 2.62. The predicted octanol–water partition coefficient (Wildman–Crippen LogP) is 3.64. The fraction of sp³-hybridized carbons (Fsp3) is 0.278. The first-order chi connectivity index (χ1) is 11.7. The van der Waals surface area contributed by atoms with Crippen molar-refractivity contribution >= 4 is 22.8 Å². The van der Waals surface area contributed by atoms with Gasteiger partial charge >= 0.3 is 0 Å². The second-order valence-electron chi connectivity index (χ2n) is 5.98. The number of methoxy groups -OCH3 is 1. The Morgan fingerprint density at radius 3 is 2.79 bits per heavy atom. The van der Waals surface area contributed by atoms with Crippen LogP contribution in [0, 0.1) is 5.92 Å². The van der Waals surface area contributed by atoms with Gasteiger partial charge in [0.25, 0.3) is 0 Å². The predicted molar refractivity (Wildman–Crippen MR) is 89.8 cm³/mol. The van der Waals surface area contributed by atoms with Gasteiger partial charge in [0, 0.05) is 12.0 Å². The molecular formula is C18H17N3O3. The van der Waals surface area contributed by atoms with Crippen molar-refractivity contribution in [2.45, 2.75) is 19.3 Å². The molecule has 0 spiro atoms. The number of hydrogen-bond acceptors (Lipinski definition) is 5. The zero-order valence-electron chi connectivity index (χ0n) is 13.3. The van der Waals surface area contributed by atoms with Crippen LogP contribution in [0.15, 0.2) is 41.1 Å². The quantitative estimate of drug-likeness (QED) is 0.775. The molecule has 0 unspecified atom stereocenters. The molecule has 6 heteroatoms. The van der Waals surface area contributed by atoms with Crippen LogP contribution in [0.3, 0.4) is 0 Å². The second-order valence-corrected chi connectivity index (χ2v) is 5.98. The molecule has 1 saturated carbocycles. The number of nitrogens with one attached hydrogen (secondary N) is 1. The van der Waals surface area contributed by atoms with Crippen molar-refractivity contribution in [2.75, 3.05) is 12.4 Å². The van der Waals surface area contributed by atoms with E-state index in [1.54, 1.807) is 7.11 Å². The number of ether oxygens (including phenoxy) is 1. The summed E-state index contributed by atoms with van der Waals surface area (Å²) < 4.78 is 11.0. The lowest BCUT2D eigenvalue weighted by atomic mass is 10.1. The summed E-state index contributed by atoms with van der Waals surface area (Å²) in [5.74, 6) is 2.47. The minimum atomic E-state index is -0.00954. The Bertz CT molecular complexity index is 882. The summed E-state index contributed by atoms with van der Waals surface area (Å²) in [6, 6.07) is 9.41. The standard InChI is InChI=1S/C18H17N3O3/c1-23-13-6-4-12(5-7-13)15-9-14-17(19-10-20-18(14)24-15)21-16(22)8-11-2-3-11/h4-7,9-11H,2-3,8H2,1H3,(H,19,20,21,22). The van der Waals surface area contributed by atoms with Crippen LogP contribution in [-0.2, 0) is 4.79 Å². The number of benzene rings is 1. The van der Waals surface area contributed by atoms with Crippen LogP contribution in [0.25, 0.3) is 22.4 Å². The number of rotatable bonds is 5. The van der Waals surface area contributed by atoms with E-state index in [0.717, 1.165) is 24.2 Å². The monoisotopic (exact) mass is 323 g/mol. The largest absolute Gasteiger partial charge is 0.497 e. The highest BCUT2D eigenvalue weighted by Crippen LogP contribution is 2.34. The van der Waals surface area contributed by atoms with Crippen LogP contribution in [-0.4, -0.2) is 23.0 Å². The second kappa shape index (κ2) is 5.96. The zero-order chi connectivity index (χ0) is 16.5. The number of furan rings is 1. The van der Waals surface area contributed by atoms with Crippen molar-refractivity contribution in [2.24, 2.45) is 5.92 Å². The highest BCUT2D eigenvalue weighted by atomic mass is 16.5. The number of amides is 1. The van der Waals surface area contributed by atoms with Crippen LogP contribution in [0.2, 0.25) is 0 Å². The van der Waals surface area contributed by atoms with E-state index in [0.29, 0.717) is 35.0 Å². The van der Waals surface area contributed by atoms with Crippen LogP contribution >= 0.6 is 0 Å². The molecule has 1 fully saturated rings. The molecule has 0 saturated heterocycles. The van der Waals surface area contributed by atoms with Gasteiger partial charge in [-0.05, 0) is 49.1 Å². The van der Waals surface area contributed by atoms with Gasteiger partial charge in [-0.2, -0.15) is 0 Å². The minimum absolute atomic E-state index is 0.00954. The first-order valence-electron chi connectivity index (χ1n) is 7.92. The van der Waals surface area contributed by atoms with Crippen molar-refractivity contribution in [1.82, 2.24) is 9.97 Å². The number of anilines is 1. The first kappa shape index (κ1) is 14.7. The Morgan fingerprint density at radius 1 is 1.29 bits per heavy atom. The molecule has 2 aromatic heterocycles. The maximum absolute atomic E-state index is 12.0. The van der Waals surface area contributed by atoms with E-state index in [1.165, 1.54) is 6.33 Å². The van der Waals surface area contributed by atoms with E-state index in [-0.39, 0.29) is 5.91 Å². The maximum Gasteiger partial charge on any atom is 0.231 e. The summed E-state index contributed by atoms with van der Waals surface area (Å²) in [7, 11) is 1.63. The Labute approximate surface area is 138 Å². The average molecular weight is 323 g/mol. The van der Waals surface area contributed by atoms with Gasteiger partial charge in [0.15, 0.2) is 0 Å². The summed E-state index contributed by atoms with van der Waals surface area (Å²) >= 11 is 0. The van der Waals surface area contributed by atoms with Crippen LogP contribution < -0.4 is 10.1 Å². The Balaban J connectivity index is 1.64. The third kappa shape index (κ3) is 2.95. The molecule has 1 aliphatic carbocycles. The molecule has 1 amide bonds. The number of fused-ring (bicyclic) bond motifs is 1. The molecular weight excluding hydrogens is 306 g/mol. The Morgan fingerprint density at radius 2 is 2.08 bits per heavy atom. The Kier molecular flexibility index (Phi) is 3.65. The van der Waals surface area contributed by atoms with Crippen molar-refractivity contribution in [3.63, 3.8) is 0 Å². The highest BCUT2D eigenvalue weighted by Gasteiger charge is 2.25. The van der Waals surface area contributed by atoms with Crippen molar-refractivity contribution in [1.29, 1.82) is 0 Å². The number of carbonyl (C=O) groups excluding carboxylic acids is 1. The van der Waals surface area contributed by atoms with Crippen LogP contribution in [0.4, 0.5) is 5.82 Å². The topological polar surface area (TPSA) is 77.2 Å². The molecule has 3 aromatic rings. The SMILES string of the molecule is COc1ccc(-c2cc3c(NC(=O)CC4CC4)ncnc3o2)cc1. The molecule has 6 nitrogen and oxygen atoms in total. The average Bonchev–Trinajstić information content (AvgIpc) is 3.29. The number of carbonyl (C=O) groups is 1. The molecule has 2 heterocycles. The number of nitrogens with zero attached hydrogens (tertiary/aromatic N) is 2. The van der Waals surface area contributed by atoms with Gasteiger partial charge in [-0.3, -0.25) is 4.79 Å². The zero-order valence-corrected chi connectivity index (χ0v) is 13.3. The van der Waals surface area contributed by atoms with E-state index >= 15 is 0 Å². The van der Waals surface area contributed by atoms with Crippen LogP contribution in [0.1, 0.15) is 19.3 Å². The van der Waals surface area contributed by atoms with Gasteiger partial charge < -0.3 is 14.5 Å². The lowest BCUT2D eigenvalue weighted by Crippen LogP contribution is -2.13. The third-order valence-electron chi connectivity index (χ3n) is 4.13. The van der Waals surface area contributed by atoms with Crippen molar-refractivity contribution < 1.29 is 13.9 Å². The van der Waals surface area contributed by atoms with E-state index in [2.05, 4.69) is 15.3 Å². The van der Waals surface area contributed by atoms with E-state index in [9.17, 15) is 4.79 Å². The van der Waals surface area contributed by atoms with Gasteiger partial charge in [0.2, 0.25) is 11.6 Å². The minimum Gasteiger partial charge on any atom is -0.497 e. The molecule has 1 aromatic carbocycles. The summed E-state index contributed by atoms with van der Waals surface area (Å²) in [6.45, 7) is 0. The van der Waals surface area contributed by atoms with Crippen molar-refractivity contribution in [3.05, 3.63) is 36.7 Å². The molecule has 122 valence electrons. The third-order valence-corrected chi connectivity index (χ3v) is 4.13. The molecule has 1 N–H and O–H groups in total. The lowest BCUT2D eigenvalue weighted by Gasteiger charge is -2.03. The molecule has 0 radical (unpaired) electrons. The molecule has 1 aliphatic rings. The smallest absolute Gasteiger partial charge is 0.231 e. The van der Waals surface area contributed by atoms with Gasteiger partial charge in [0.05, 0.1) is 12.5 Å². The molecule has 0 aliphatic heterocycles. The molecule has 24 heavy (non-hydrogen) atoms.